The van der Waals surface area contributed by atoms with Gasteiger partial charge in [-0.05, 0) is 30.9 Å². The molecule has 0 bridgehead atoms. The van der Waals surface area contributed by atoms with Gasteiger partial charge >= 0.3 is 0 Å². The number of furan rings is 1. The fraction of sp³-hybridized carbons (Fsp3) is 0.500. The minimum absolute atomic E-state index is 0.0644. The van der Waals surface area contributed by atoms with Crippen molar-refractivity contribution < 1.29 is 14.0 Å². The van der Waals surface area contributed by atoms with E-state index in [1.54, 1.807) is 12.1 Å². The second kappa shape index (κ2) is 4.01. The van der Waals surface area contributed by atoms with Gasteiger partial charge in [0.25, 0.3) is 0 Å². The van der Waals surface area contributed by atoms with Gasteiger partial charge in [-0.15, -0.1) is 0 Å². The lowest BCUT2D eigenvalue weighted by molar-refractivity contribution is -0.123. The molecule has 1 aromatic heterocycles. The lowest BCUT2D eigenvalue weighted by atomic mass is 9.79. The molecule has 0 amide bonds. The zero-order chi connectivity index (χ0) is 10.8. The molecule has 0 radical (unpaired) electrons. The van der Waals surface area contributed by atoms with Crippen molar-refractivity contribution in [2.45, 2.75) is 26.2 Å². The van der Waals surface area contributed by atoms with Crippen molar-refractivity contribution in [2.24, 2.45) is 11.8 Å². The molecular formula is C12H14O3. The molecule has 1 aliphatic carbocycles. The van der Waals surface area contributed by atoms with Crippen LogP contribution in [0.4, 0.5) is 0 Å². The van der Waals surface area contributed by atoms with Crippen molar-refractivity contribution >= 4 is 11.6 Å². The largest absolute Gasteiger partial charge is 0.461 e. The van der Waals surface area contributed by atoms with E-state index in [-0.39, 0.29) is 11.6 Å². The maximum Gasteiger partial charge on any atom is 0.208 e. The molecule has 0 aromatic carbocycles. The predicted octanol–water partition coefficient (Wildman–Crippen LogP) is 2.47. The van der Waals surface area contributed by atoms with Crippen LogP contribution in [0, 0.1) is 11.8 Å². The van der Waals surface area contributed by atoms with Gasteiger partial charge in [0.15, 0.2) is 5.76 Å². The number of ketones is 2. The van der Waals surface area contributed by atoms with E-state index in [0.29, 0.717) is 24.5 Å². The summed E-state index contributed by atoms with van der Waals surface area (Å²) in [5.74, 6) is 0.194. The van der Waals surface area contributed by atoms with Crippen LogP contribution >= 0.6 is 0 Å². The Morgan fingerprint density at radius 3 is 3.00 bits per heavy atom. The second-order valence-corrected chi connectivity index (χ2v) is 4.24. The molecule has 2 rings (SSSR count). The van der Waals surface area contributed by atoms with Crippen LogP contribution in [0.25, 0.3) is 0 Å². The Morgan fingerprint density at radius 1 is 1.53 bits per heavy atom. The molecule has 2 unspecified atom stereocenters. The smallest absolute Gasteiger partial charge is 0.208 e. The molecule has 80 valence electrons. The highest BCUT2D eigenvalue weighted by Crippen LogP contribution is 2.28. The minimum Gasteiger partial charge on any atom is -0.461 e. The molecule has 0 aliphatic heterocycles. The van der Waals surface area contributed by atoms with Gasteiger partial charge in [0.05, 0.1) is 12.2 Å². The van der Waals surface area contributed by atoms with Crippen LogP contribution < -0.4 is 0 Å². The standard InChI is InChI=1S/C12H14O3/c1-8-4-5-10(13)9(7-8)12(14)11-3-2-6-15-11/h2-3,6,8-9H,4-5,7H2,1H3. The molecule has 1 aliphatic rings. The van der Waals surface area contributed by atoms with Crippen LogP contribution in [0.3, 0.4) is 0 Å². The summed E-state index contributed by atoms with van der Waals surface area (Å²) < 4.78 is 5.03. The highest BCUT2D eigenvalue weighted by Gasteiger charge is 2.33. The molecule has 1 heterocycles. The van der Waals surface area contributed by atoms with Gasteiger partial charge in [-0.3, -0.25) is 9.59 Å². The number of hydrogen-bond acceptors (Lipinski definition) is 3. The van der Waals surface area contributed by atoms with Gasteiger partial charge in [0, 0.05) is 6.42 Å². The minimum atomic E-state index is -0.472. The molecule has 1 fully saturated rings. The Hall–Kier alpha value is -1.38. The van der Waals surface area contributed by atoms with Crippen molar-refractivity contribution in [2.75, 3.05) is 0 Å². The highest BCUT2D eigenvalue weighted by molar-refractivity contribution is 6.09. The normalized spacial score (nSPS) is 26.6. The third-order valence-electron chi connectivity index (χ3n) is 2.99. The monoisotopic (exact) mass is 206 g/mol. The number of Topliss-reactive ketones (excluding diaryl/α,β-unsaturated/α-hetero) is 2. The van der Waals surface area contributed by atoms with Crippen LogP contribution in [0.5, 0.6) is 0 Å². The third-order valence-corrected chi connectivity index (χ3v) is 2.99. The van der Waals surface area contributed by atoms with Crippen molar-refractivity contribution in [3.63, 3.8) is 0 Å². The molecule has 3 heteroatoms. The van der Waals surface area contributed by atoms with Crippen LogP contribution in [0.15, 0.2) is 22.8 Å². The molecule has 1 saturated carbocycles. The SMILES string of the molecule is CC1CCC(=O)C(C(=O)c2ccco2)C1. The Labute approximate surface area is 88.5 Å². The fourth-order valence-electron chi connectivity index (χ4n) is 2.06. The zero-order valence-corrected chi connectivity index (χ0v) is 8.73. The van der Waals surface area contributed by atoms with Crippen molar-refractivity contribution in [1.82, 2.24) is 0 Å². The lowest BCUT2D eigenvalue weighted by Crippen LogP contribution is -2.30. The molecule has 0 saturated heterocycles. The lowest BCUT2D eigenvalue weighted by Gasteiger charge is -2.23. The average Bonchev–Trinajstić information content (AvgIpc) is 2.74. The summed E-state index contributed by atoms with van der Waals surface area (Å²) in [7, 11) is 0. The maximum atomic E-state index is 11.9. The first-order valence-electron chi connectivity index (χ1n) is 5.29. The van der Waals surface area contributed by atoms with E-state index in [4.69, 9.17) is 4.42 Å². The maximum absolute atomic E-state index is 11.9. The summed E-state index contributed by atoms with van der Waals surface area (Å²) >= 11 is 0. The van der Waals surface area contributed by atoms with Crippen LogP contribution in [-0.2, 0) is 4.79 Å². The van der Waals surface area contributed by atoms with Crippen molar-refractivity contribution in [1.29, 1.82) is 0 Å². The number of rotatable bonds is 2. The molecular weight excluding hydrogens is 192 g/mol. The predicted molar refractivity (Wildman–Crippen MR) is 54.6 cm³/mol. The topological polar surface area (TPSA) is 47.3 Å². The summed E-state index contributed by atoms with van der Waals surface area (Å²) in [5, 5.41) is 0. The average molecular weight is 206 g/mol. The van der Waals surface area contributed by atoms with Crippen LogP contribution in [-0.4, -0.2) is 11.6 Å². The van der Waals surface area contributed by atoms with E-state index in [0.717, 1.165) is 6.42 Å². The van der Waals surface area contributed by atoms with Crippen molar-refractivity contribution in [3.8, 4) is 0 Å². The first kappa shape index (κ1) is 10.1. The molecule has 3 nitrogen and oxygen atoms in total. The summed E-state index contributed by atoms with van der Waals surface area (Å²) in [6.45, 7) is 2.08. The fourth-order valence-corrected chi connectivity index (χ4v) is 2.06. The van der Waals surface area contributed by atoms with Crippen LogP contribution in [0.2, 0.25) is 0 Å². The van der Waals surface area contributed by atoms with Gasteiger partial charge in [-0.2, -0.15) is 0 Å². The first-order chi connectivity index (χ1) is 7.18. The van der Waals surface area contributed by atoms with Gasteiger partial charge in [-0.1, -0.05) is 6.92 Å². The summed E-state index contributed by atoms with van der Waals surface area (Å²) in [4.78, 5) is 23.5. The summed E-state index contributed by atoms with van der Waals surface area (Å²) in [6.07, 6.45) is 3.56. The van der Waals surface area contributed by atoms with E-state index in [1.807, 2.05) is 0 Å². The van der Waals surface area contributed by atoms with Crippen molar-refractivity contribution in [3.05, 3.63) is 24.2 Å². The number of hydrogen-bond donors (Lipinski definition) is 0. The summed E-state index contributed by atoms with van der Waals surface area (Å²) in [6, 6.07) is 3.29. The molecule has 0 spiro atoms. The Kier molecular flexibility index (Phi) is 2.71. The van der Waals surface area contributed by atoms with E-state index < -0.39 is 5.92 Å². The Morgan fingerprint density at radius 2 is 2.33 bits per heavy atom. The molecule has 2 atom stereocenters. The second-order valence-electron chi connectivity index (χ2n) is 4.24. The van der Waals surface area contributed by atoms with E-state index in [9.17, 15) is 9.59 Å². The van der Waals surface area contributed by atoms with E-state index in [2.05, 4.69) is 6.92 Å². The Bertz CT molecular complexity index is 364. The van der Waals surface area contributed by atoms with Gasteiger partial charge in [0.2, 0.25) is 5.78 Å². The van der Waals surface area contributed by atoms with Gasteiger partial charge in [-0.25, -0.2) is 0 Å². The summed E-state index contributed by atoms with van der Waals surface area (Å²) in [5.41, 5.74) is 0. The number of carbonyl (C=O) groups is 2. The third kappa shape index (κ3) is 2.01. The van der Waals surface area contributed by atoms with E-state index in [1.165, 1.54) is 6.26 Å². The Balaban J connectivity index is 2.15. The number of carbonyl (C=O) groups excluding carboxylic acids is 2. The molecule has 0 N–H and O–H groups in total. The quantitative estimate of drug-likeness (QED) is 0.551. The zero-order valence-electron chi connectivity index (χ0n) is 8.73. The van der Waals surface area contributed by atoms with Gasteiger partial charge in [0.1, 0.15) is 5.78 Å². The highest BCUT2D eigenvalue weighted by atomic mass is 16.3. The molecule has 1 aromatic rings. The van der Waals surface area contributed by atoms with Gasteiger partial charge < -0.3 is 4.42 Å². The van der Waals surface area contributed by atoms with E-state index >= 15 is 0 Å². The molecule has 15 heavy (non-hydrogen) atoms. The van der Waals surface area contributed by atoms with Crippen LogP contribution in [0.1, 0.15) is 36.7 Å². The first-order valence-corrected chi connectivity index (χ1v) is 5.29.